The Kier molecular flexibility index (Phi) is 5.50. The van der Waals surface area contributed by atoms with Crippen molar-refractivity contribution in [3.05, 3.63) is 69.1 Å². The summed E-state index contributed by atoms with van der Waals surface area (Å²) in [7, 11) is 0. The highest BCUT2D eigenvalue weighted by Gasteiger charge is 2.16. The van der Waals surface area contributed by atoms with Crippen LogP contribution in [0.5, 0.6) is 0 Å². The summed E-state index contributed by atoms with van der Waals surface area (Å²) >= 11 is 4.77. The highest BCUT2D eigenvalue weighted by molar-refractivity contribution is 9.10. The molecule has 0 atom stereocenters. The summed E-state index contributed by atoms with van der Waals surface area (Å²) in [6, 6.07) is 15.6. The molecular formula is C19H18BrN3OS. The van der Waals surface area contributed by atoms with E-state index in [-0.39, 0.29) is 5.91 Å². The van der Waals surface area contributed by atoms with Crippen molar-refractivity contribution < 1.29 is 4.79 Å². The van der Waals surface area contributed by atoms with Crippen LogP contribution in [0.25, 0.3) is 0 Å². The molecule has 0 saturated carbocycles. The van der Waals surface area contributed by atoms with Crippen LogP contribution in [0.1, 0.15) is 27.9 Å². The Bertz CT molecular complexity index is 907. The number of carbonyl (C=O) groups is 1. The average Bonchev–Trinajstić information content (AvgIpc) is 2.96. The summed E-state index contributed by atoms with van der Waals surface area (Å²) in [5.41, 5.74) is 3.71. The highest BCUT2D eigenvalue weighted by atomic mass is 79.9. The minimum absolute atomic E-state index is 0.148. The van der Waals surface area contributed by atoms with Gasteiger partial charge >= 0.3 is 0 Å². The van der Waals surface area contributed by atoms with E-state index in [0.717, 1.165) is 27.4 Å². The minimum Gasteiger partial charge on any atom is -0.331 e. The van der Waals surface area contributed by atoms with Gasteiger partial charge in [0.25, 0.3) is 5.91 Å². The van der Waals surface area contributed by atoms with Gasteiger partial charge in [0.2, 0.25) is 0 Å². The topological polar surface area (TPSA) is 54.0 Å². The molecule has 2 aromatic carbocycles. The third-order valence-corrected chi connectivity index (χ3v) is 5.29. The van der Waals surface area contributed by atoms with Crippen LogP contribution < -0.4 is 10.6 Å². The van der Waals surface area contributed by atoms with E-state index < -0.39 is 0 Å². The zero-order valence-corrected chi connectivity index (χ0v) is 16.4. The number of aromatic nitrogens is 1. The van der Waals surface area contributed by atoms with E-state index in [2.05, 4.69) is 44.5 Å². The first-order valence-electron chi connectivity index (χ1n) is 7.96. The minimum atomic E-state index is -0.148. The van der Waals surface area contributed by atoms with Crippen molar-refractivity contribution >= 4 is 49.7 Å². The number of benzene rings is 2. The number of nitrogens with zero attached hydrogens (tertiary/aromatic N) is 1. The van der Waals surface area contributed by atoms with Gasteiger partial charge < -0.3 is 10.6 Å². The maximum atomic E-state index is 12.6. The lowest BCUT2D eigenvalue weighted by Crippen LogP contribution is -2.11. The molecule has 1 aromatic heterocycles. The molecule has 0 radical (unpaired) electrons. The highest BCUT2D eigenvalue weighted by Crippen LogP contribution is 2.28. The second-order valence-electron chi connectivity index (χ2n) is 5.53. The Morgan fingerprint density at radius 1 is 1.20 bits per heavy atom. The molecule has 0 saturated heterocycles. The summed E-state index contributed by atoms with van der Waals surface area (Å²) < 4.78 is 0.921. The number of hydrogen-bond acceptors (Lipinski definition) is 4. The van der Waals surface area contributed by atoms with Crippen LogP contribution >= 0.6 is 27.3 Å². The standard InChI is InChI=1S/C19H18BrN3OS/c1-3-13-7-4-5-10-16(13)23-19-21-12(2)17(25-19)18(24)22-15-9-6-8-14(20)11-15/h4-11H,3H2,1-2H3,(H,21,23)(H,22,24). The molecular weight excluding hydrogens is 398 g/mol. The summed E-state index contributed by atoms with van der Waals surface area (Å²) in [5.74, 6) is -0.148. The van der Waals surface area contributed by atoms with Gasteiger partial charge in [-0.05, 0) is 43.2 Å². The number of halogens is 1. The van der Waals surface area contributed by atoms with Crippen molar-refractivity contribution in [1.82, 2.24) is 4.98 Å². The molecule has 6 heteroatoms. The summed E-state index contributed by atoms with van der Waals surface area (Å²) in [6.07, 6.45) is 0.934. The molecule has 0 aliphatic carbocycles. The van der Waals surface area contributed by atoms with Crippen molar-refractivity contribution in [3.8, 4) is 0 Å². The van der Waals surface area contributed by atoms with Gasteiger partial charge in [0.1, 0.15) is 4.88 Å². The van der Waals surface area contributed by atoms with Crippen molar-refractivity contribution in [3.63, 3.8) is 0 Å². The van der Waals surface area contributed by atoms with Gasteiger partial charge in [-0.15, -0.1) is 0 Å². The first-order chi connectivity index (χ1) is 12.1. The van der Waals surface area contributed by atoms with Crippen molar-refractivity contribution in [2.24, 2.45) is 0 Å². The Morgan fingerprint density at radius 2 is 2.00 bits per heavy atom. The predicted octanol–water partition coefficient (Wildman–Crippen LogP) is 5.77. The third-order valence-electron chi connectivity index (χ3n) is 3.73. The maximum Gasteiger partial charge on any atom is 0.267 e. The molecule has 0 aliphatic heterocycles. The van der Waals surface area contributed by atoms with E-state index in [1.54, 1.807) is 0 Å². The molecule has 2 N–H and O–H groups in total. The normalized spacial score (nSPS) is 10.5. The predicted molar refractivity (Wildman–Crippen MR) is 108 cm³/mol. The van der Waals surface area contributed by atoms with Crippen molar-refractivity contribution in [2.75, 3.05) is 10.6 Å². The van der Waals surface area contributed by atoms with Gasteiger partial charge in [-0.3, -0.25) is 4.79 Å². The number of para-hydroxylation sites is 1. The van der Waals surface area contributed by atoms with Crippen LogP contribution in [0.15, 0.2) is 53.0 Å². The fourth-order valence-electron chi connectivity index (χ4n) is 2.48. The van der Waals surface area contributed by atoms with Crippen molar-refractivity contribution in [2.45, 2.75) is 20.3 Å². The van der Waals surface area contributed by atoms with Crippen LogP contribution in [-0.2, 0) is 6.42 Å². The Hall–Kier alpha value is -2.18. The van der Waals surface area contributed by atoms with Gasteiger partial charge in [-0.25, -0.2) is 4.98 Å². The number of nitrogens with one attached hydrogen (secondary N) is 2. The van der Waals surface area contributed by atoms with E-state index in [1.165, 1.54) is 16.9 Å². The lowest BCUT2D eigenvalue weighted by atomic mass is 10.1. The second-order valence-corrected chi connectivity index (χ2v) is 7.45. The molecule has 128 valence electrons. The van der Waals surface area contributed by atoms with E-state index in [0.29, 0.717) is 10.6 Å². The molecule has 0 bridgehead atoms. The number of thiazole rings is 1. The summed E-state index contributed by atoms with van der Waals surface area (Å²) in [6.45, 7) is 3.97. The number of anilines is 3. The Balaban J connectivity index is 1.79. The zero-order valence-electron chi connectivity index (χ0n) is 14.0. The number of carbonyl (C=O) groups excluding carboxylic acids is 1. The van der Waals surface area contributed by atoms with E-state index in [1.807, 2.05) is 49.4 Å². The molecule has 3 aromatic rings. The SMILES string of the molecule is CCc1ccccc1Nc1nc(C)c(C(=O)Nc2cccc(Br)c2)s1. The lowest BCUT2D eigenvalue weighted by molar-refractivity contribution is 0.103. The number of amides is 1. The second kappa shape index (κ2) is 7.80. The fourth-order valence-corrected chi connectivity index (χ4v) is 3.75. The molecule has 25 heavy (non-hydrogen) atoms. The van der Waals surface area contributed by atoms with Crippen LogP contribution in [-0.4, -0.2) is 10.9 Å². The van der Waals surface area contributed by atoms with Gasteiger partial charge in [0, 0.05) is 15.8 Å². The fraction of sp³-hybridized carbons (Fsp3) is 0.158. The Labute approximate surface area is 159 Å². The van der Waals surface area contributed by atoms with Crippen LogP contribution in [0.3, 0.4) is 0 Å². The van der Waals surface area contributed by atoms with Gasteiger partial charge in [-0.1, -0.05) is 58.5 Å². The van der Waals surface area contributed by atoms with E-state index in [9.17, 15) is 4.79 Å². The number of hydrogen-bond donors (Lipinski definition) is 2. The Morgan fingerprint density at radius 3 is 2.76 bits per heavy atom. The van der Waals surface area contributed by atoms with Gasteiger partial charge in [-0.2, -0.15) is 0 Å². The van der Waals surface area contributed by atoms with Crippen molar-refractivity contribution in [1.29, 1.82) is 0 Å². The maximum absolute atomic E-state index is 12.6. The zero-order chi connectivity index (χ0) is 17.8. The lowest BCUT2D eigenvalue weighted by Gasteiger charge is -2.07. The van der Waals surface area contributed by atoms with Gasteiger partial charge in [0.15, 0.2) is 5.13 Å². The molecule has 0 fully saturated rings. The quantitative estimate of drug-likeness (QED) is 0.555. The van der Waals surface area contributed by atoms with E-state index >= 15 is 0 Å². The van der Waals surface area contributed by atoms with Crippen LogP contribution in [0.4, 0.5) is 16.5 Å². The summed E-state index contributed by atoms with van der Waals surface area (Å²) in [4.78, 5) is 17.7. The smallest absolute Gasteiger partial charge is 0.267 e. The van der Waals surface area contributed by atoms with E-state index in [4.69, 9.17) is 0 Å². The summed E-state index contributed by atoms with van der Waals surface area (Å²) in [5, 5.41) is 6.97. The number of rotatable bonds is 5. The van der Waals surface area contributed by atoms with Crippen LogP contribution in [0, 0.1) is 6.92 Å². The molecule has 4 nitrogen and oxygen atoms in total. The molecule has 1 amide bonds. The third kappa shape index (κ3) is 4.27. The first kappa shape index (κ1) is 17.6. The average molecular weight is 416 g/mol. The molecule has 3 rings (SSSR count). The largest absolute Gasteiger partial charge is 0.331 e. The van der Waals surface area contributed by atoms with Crippen LogP contribution in [0.2, 0.25) is 0 Å². The molecule has 0 unspecified atom stereocenters. The van der Waals surface area contributed by atoms with Gasteiger partial charge in [0.05, 0.1) is 5.69 Å². The molecule has 1 heterocycles. The molecule has 0 aliphatic rings. The monoisotopic (exact) mass is 415 g/mol. The number of aryl methyl sites for hydroxylation is 2. The molecule has 0 spiro atoms. The first-order valence-corrected chi connectivity index (χ1v) is 9.57.